The zero-order valence-electron chi connectivity index (χ0n) is 10.8. The molecule has 1 N–H and O–H groups in total. The lowest BCUT2D eigenvalue weighted by Crippen LogP contribution is -2.40. The van der Waals surface area contributed by atoms with Gasteiger partial charge in [-0.2, -0.15) is 13.2 Å². The van der Waals surface area contributed by atoms with Gasteiger partial charge >= 0.3 is 6.18 Å². The molecule has 0 aromatic carbocycles. The largest absolute Gasteiger partial charge is 0.391 e. The van der Waals surface area contributed by atoms with Crippen molar-refractivity contribution in [2.75, 3.05) is 0 Å². The Bertz CT molecular complexity index is 394. The average Bonchev–Trinajstić information content (AvgIpc) is 2.39. The van der Waals surface area contributed by atoms with Gasteiger partial charge in [0.2, 0.25) is 0 Å². The molecular formula is C13H18F3N3. The molecule has 3 atom stereocenters. The van der Waals surface area contributed by atoms with Crippen molar-refractivity contribution in [3.63, 3.8) is 0 Å². The third kappa shape index (κ3) is 3.89. The zero-order chi connectivity index (χ0) is 13.9. The van der Waals surface area contributed by atoms with Gasteiger partial charge < -0.3 is 5.32 Å². The summed E-state index contributed by atoms with van der Waals surface area (Å²) in [6.45, 7) is 1.90. The van der Waals surface area contributed by atoms with Crippen molar-refractivity contribution in [1.82, 2.24) is 15.3 Å². The molecule has 0 aliphatic heterocycles. The lowest BCUT2D eigenvalue weighted by molar-refractivity contribution is -0.183. The first-order valence-electron chi connectivity index (χ1n) is 6.55. The maximum Gasteiger partial charge on any atom is 0.391 e. The van der Waals surface area contributed by atoms with Crippen molar-refractivity contribution in [3.8, 4) is 0 Å². The van der Waals surface area contributed by atoms with E-state index in [2.05, 4.69) is 15.3 Å². The van der Waals surface area contributed by atoms with Gasteiger partial charge in [0, 0.05) is 30.7 Å². The molecule has 1 aromatic heterocycles. The summed E-state index contributed by atoms with van der Waals surface area (Å²) in [6, 6.07) is -0.178. The van der Waals surface area contributed by atoms with E-state index in [1.807, 2.05) is 6.92 Å². The molecule has 0 saturated heterocycles. The predicted octanol–water partition coefficient (Wildman–Crippen LogP) is 3.25. The molecule has 1 aliphatic rings. The first-order valence-corrected chi connectivity index (χ1v) is 6.55. The van der Waals surface area contributed by atoms with Crippen molar-refractivity contribution < 1.29 is 13.2 Å². The Morgan fingerprint density at radius 3 is 2.74 bits per heavy atom. The Balaban J connectivity index is 1.92. The van der Waals surface area contributed by atoms with E-state index < -0.39 is 12.1 Å². The van der Waals surface area contributed by atoms with Gasteiger partial charge in [0.1, 0.15) is 0 Å². The molecule has 0 radical (unpaired) electrons. The van der Waals surface area contributed by atoms with Gasteiger partial charge in [-0.05, 0) is 26.2 Å². The highest BCUT2D eigenvalue weighted by Crippen LogP contribution is 2.37. The van der Waals surface area contributed by atoms with Gasteiger partial charge in [-0.3, -0.25) is 9.97 Å². The van der Waals surface area contributed by atoms with Gasteiger partial charge in [0.05, 0.1) is 11.6 Å². The van der Waals surface area contributed by atoms with Crippen molar-refractivity contribution in [2.45, 2.75) is 50.9 Å². The highest BCUT2D eigenvalue weighted by molar-refractivity contribution is 5.01. The van der Waals surface area contributed by atoms with Gasteiger partial charge in [-0.25, -0.2) is 0 Å². The topological polar surface area (TPSA) is 37.8 Å². The Morgan fingerprint density at radius 1 is 1.32 bits per heavy atom. The van der Waals surface area contributed by atoms with Crippen LogP contribution in [0.3, 0.4) is 0 Å². The number of nitrogens with one attached hydrogen (secondary N) is 1. The second-order valence-corrected chi connectivity index (χ2v) is 5.12. The van der Waals surface area contributed by atoms with Crippen LogP contribution < -0.4 is 5.32 Å². The first kappa shape index (κ1) is 14.2. The van der Waals surface area contributed by atoms with Crippen LogP contribution in [0.1, 0.15) is 44.3 Å². The molecule has 1 aromatic rings. The van der Waals surface area contributed by atoms with E-state index in [1.54, 1.807) is 18.6 Å². The number of nitrogens with zero attached hydrogens (tertiary/aromatic N) is 2. The van der Waals surface area contributed by atoms with E-state index in [0.717, 1.165) is 12.1 Å². The summed E-state index contributed by atoms with van der Waals surface area (Å²) in [7, 11) is 0. The van der Waals surface area contributed by atoms with Crippen molar-refractivity contribution in [3.05, 3.63) is 24.3 Å². The van der Waals surface area contributed by atoms with Crippen LogP contribution in [-0.2, 0) is 0 Å². The van der Waals surface area contributed by atoms with Gasteiger partial charge in [-0.1, -0.05) is 6.42 Å². The SMILES string of the molecule is CC(NC1CCCC(C(F)(F)F)C1)c1cnccn1. The predicted molar refractivity (Wildman–Crippen MR) is 65.4 cm³/mol. The number of rotatable bonds is 3. The number of aromatic nitrogens is 2. The molecule has 0 amide bonds. The minimum Gasteiger partial charge on any atom is -0.306 e. The summed E-state index contributed by atoms with van der Waals surface area (Å²) in [6.07, 6.45) is 2.56. The third-order valence-corrected chi connectivity index (χ3v) is 3.65. The Hall–Kier alpha value is -1.17. The molecule has 0 spiro atoms. The van der Waals surface area contributed by atoms with Gasteiger partial charge in [0.25, 0.3) is 0 Å². The molecule has 3 unspecified atom stereocenters. The molecule has 2 rings (SSSR count). The molecular weight excluding hydrogens is 255 g/mol. The normalized spacial score (nSPS) is 26.1. The average molecular weight is 273 g/mol. The molecule has 1 fully saturated rings. The molecule has 0 bridgehead atoms. The Kier molecular flexibility index (Phi) is 4.39. The third-order valence-electron chi connectivity index (χ3n) is 3.65. The fraction of sp³-hybridized carbons (Fsp3) is 0.692. The van der Waals surface area contributed by atoms with E-state index in [0.29, 0.717) is 6.42 Å². The standard InChI is InChI=1S/C13H18F3N3/c1-9(12-8-17-5-6-18-12)19-11-4-2-3-10(7-11)13(14,15)16/h5-6,8-11,19H,2-4,7H2,1H3. The number of hydrogen-bond donors (Lipinski definition) is 1. The van der Waals surface area contributed by atoms with Gasteiger partial charge in [-0.15, -0.1) is 0 Å². The molecule has 106 valence electrons. The van der Waals surface area contributed by atoms with Crippen molar-refractivity contribution in [2.24, 2.45) is 5.92 Å². The molecule has 19 heavy (non-hydrogen) atoms. The summed E-state index contributed by atoms with van der Waals surface area (Å²) in [5.74, 6) is -1.17. The minimum absolute atomic E-state index is 0.0781. The number of alkyl halides is 3. The van der Waals surface area contributed by atoms with E-state index in [-0.39, 0.29) is 24.9 Å². The first-order chi connectivity index (χ1) is 8.97. The second-order valence-electron chi connectivity index (χ2n) is 5.12. The van der Waals surface area contributed by atoms with Crippen LogP contribution in [0.15, 0.2) is 18.6 Å². The van der Waals surface area contributed by atoms with Crippen molar-refractivity contribution in [1.29, 1.82) is 0 Å². The monoisotopic (exact) mass is 273 g/mol. The van der Waals surface area contributed by atoms with Crippen molar-refractivity contribution >= 4 is 0 Å². The van der Waals surface area contributed by atoms with E-state index >= 15 is 0 Å². The minimum atomic E-state index is -4.07. The quantitative estimate of drug-likeness (QED) is 0.918. The number of halogens is 3. The fourth-order valence-electron chi connectivity index (χ4n) is 2.61. The van der Waals surface area contributed by atoms with Crippen LogP contribution in [-0.4, -0.2) is 22.2 Å². The summed E-state index contributed by atoms with van der Waals surface area (Å²) < 4.78 is 38.2. The highest BCUT2D eigenvalue weighted by Gasteiger charge is 2.42. The fourth-order valence-corrected chi connectivity index (χ4v) is 2.61. The van der Waals surface area contributed by atoms with Crippen LogP contribution in [0.5, 0.6) is 0 Å². The summed E-state index contributed by atoms with van der Waals surface area (Å²) in [5.41, 5.74) is 0.761. The second kappa shape index (κ2) is 5.86. The molecule has 1 heterocycles. The van der Waals surface area contributed by atoms with Crippen LogP contribution in [0.4, 0.5) is 13.2 Å². The van der Waals surface area contributed by atoms with E-state index in [1.165, 1.54) is 0 Å². The van der Waals surface area contributed by atoms with Crippen LogP contribution >= 0.6 is 0 Å². The highest BCUT2D eigenvalue weighted by atomic mass is 19.4. The maximum absolute atomic E-state index is 12.7. The molecule has 3 nitrogen and oxygen atoms in total. The Morgan fingerprint density at radius 2 is 2.11 bits per heavy atom. The summed E-state index contributed by atoms with van der Waals surface area (Å²) in [5, 5.41) is 3.23. The zero-order valence-corrected chi connectivity index (χ0v) is 10.8. The van der Waals surface area contributed by atoms with Crippen LogP contribution in [0, 0.1) is 5.92 Å². The molecule has 1 saturated carbocycles. The lowest BCUT2D eigenvalue weighted by Gasteiger charge is -2.32. The van der Waals surface area contributed by atoms with E-state index in [4.69, 9.17) is 0 Å². The lowest BCUT2D eigenvalue weighted by atomic mass is 9.85. The maximum atomic E-state index is 12.7. The van der Waals surface area contributed by atoms with E-state index in [9.17, 15) is 13.2 Å². The summed E-state index contributed by atoms with van der Waals surface area (Å²) in [4.78, 5) is 8.14. The molecule has 6 heteroatoms. The van der Waals surface area contributed by atoms with Crippen LogP contribution in [0.2, 0.25) is 0 Å². The van der Waals surface area contributed by atoms with Crippen LogP contribution in [0.25, 0.3) is 0 Å². The Labute approximate surface area is 110 Å². The smallest absolute Gasteiger partial charge is 0.306 e. The number of hydrogen-bond acceptors (Lipinski definition) is 3. The summed E-state index contributed by atoms with van der Waals surface area (Å²) >= 11 is 0. The molecule has 1 aliphatic carbocycles. The van der Waals surface area contributed by atoms with Gasteiger partial charge in [0.15, 0.2) is 0 Å².